The van der Waals surface area contributed by atoms with Crippen LogP contribution in [0, 0.1) is 0 Å². The van der Waals surface area contributed by atoms with Gasteiger partial charge in [0, 0.05) is 19.3 Å². The van der Waals surface area contributed by atoms with Gasteiger partial charge in [0.2, 0.25) is 0 Å². The third-order valence-electron chi connectivity index (χ3n) is 8.74. The summed E-state index contributed by atoms with van der Waals surface area (Å²) in [6.07, 6.45) is 46.0. The second-order valence-corrected chi connectivity index (χ2v) is 14.7. The van der Waals surface area contributed by atoms with Gasteiger partial charge in [0.05, 0.1) is 40.3 Å². The van der Waals surface area contributed by atoms with Crippen LogP contribution in [0.5, 0.6) is 0 Å². The van der Waals surface area contributed by atoms with Crippen LogP contribution in [-0.4, -0.2) is 75.5 Å². The van der Waals surface area contributed by atoms with Gasteiger partial charge in [0.1, 0.15) is 12.6 Å². The number of allylic oxidation sites excluding steroid dienone is 14. The molecule has 0 aliphatic rings. The lowest BCUT2D eigenvalue weighted by Gasteiger charge is -2.34. The molecule has 0 aromatic rings. The highest BCUT2D eigenvalue weighted by Crippen LogP contribution is 2.13. The molecule has 0 spiro atoms. The van der Waals surface area contributed by atoms with Crippen molar-refractivity contribution in [2.24, 2.45) is 0 Å². The summed E-state index contributed by atoms with van der Waals surface area (Å²) in [6.45, 7) is 4.43. The maximum absolute atomic E-state index is 12.7. The first-order valence-corrected chi connectivity index (χ1v) is 20.7. The zero-order valence-electron chi connectivity index (χ0n) is 34.6. The van der Waals surface area contributed by atoms with Crippen LogP contribution in [0.25, 0.3) is 0 Å². The number of nitrogens with zero attached hydrogens (tertiary/aromatic N) is 1. The molecule has 0 rings (SSSR count). The van der Waals surface area contributed by atoms with Crippen molar-refractivity contribution in [3.05, 3.63) is 85.1 Å². The van der Waals surface area contributed by atoms with E-state index >= 15 is 0 Å². The number of rotatable bonds is 35. The normalized spacial score (nSPS) is 13.9. The monoisotopic (exact) mass is 754 g/mol. The Bertz CT molecular complexity index is 1160. The molecule has 8 nitrogen and oxygen atoms in total. The zero-order valence-corrected chi connectivity index (χ0v) is 34.6. The Balaban J connectivity index is 4.52. The second kappa shape index (κ2) is 36.5. The molecule has 54 heavy (non-hydrogen) atoms. The number of carboxylic acids is 1. The average molecular weight is 754 g/mol. The molecule has 0 bridgehead atoms. The van der Waals surface area contributed by atoms with Gasteiger partial charge in [-0.1, -0.05) is 170 Å². The number of esters is 2. The number of carbonyl (C=O) groups is 3. The first-order chi connectivity index (χ1) is 26.1. The highest BCUT2D eigenvalue weighted by Gasteiger charge is 2.25. The average Bonchev–Trinajstić information content (AvgIpc) is 3.12. The lowest BCUT2D eigenvalue weighted by Crippen LogP contribution is -2.55. The van der Waals surface area contributed by atoms with Crippen LogP contribution in [0.2, 0.25) is 0 Å². The van der Waals surface area contributed by atoms with Crippen molar-refractivity contribution in [2.75, 3.05) is 41.0 Å². The highest BCUT2D eigenvalue weighted by molar-refractivity contribution is 5.70. The SMILES string of the molecule is CC/C=C/C=C/C=C/C=C/C=C/C=C/C=C/CCCCCC(=O)OC(COCCC(C(=O)[O-])[N+](C)(C)C)COC(=O)CCCCCCCCCCCCC. The fraction of sp³-hybridized carbons (Fsp3) is 0.630. The predicted molar refractivity (Wildman–Crippen MR) is 222 cm³/mol. The van der Waals surface area contributed by atoms with E-state index in [9.17, 15) is 19.5 Å². The number of unbranched alkanes of at least 4 members (excludes halogenated alkanes) is 13. The lowest BCUT2D eigenvalue weighted by molar-refractivity contribution is -0.889. The second-order valence-electron chi connectivity index (χ2n) is 14.7. The van der Waals surface area contributed by atoms with Crippen molar-refractivity contribution in [2.45, 2.75) is 148 Å². The van der Waals surface area contributed by atoms with Crippen molar-refractivity contribution in [3.8, 4) is 0 Å². The fourth-order valence-electron chi connectivity index (χ4n) is 5.52. The number of quaternary nitrogens is 1. The molecule has 8 heteroatoms. The Morgan fingerprint density at radius 3 is 1.54 bits per heavy atom. The Kier molecular flexibility index (Phi) is 34.1. The van der Waals surface area contributed by atoms with Crippen LogP contribution >= 0.6 is 0 Å². The van der Waals surface area contributed by atoms with Gasteiger partial charge < -0.3 is 28.6 Å². The molecule has 0 radical (unpaired) electrons. The summed E-state index contributed by atoms with van der Waals surface area (Å²) >= 11 is 0. The first kappa shape index (κ1) is 50.5. The van der Waals surface area contributed by atoms with E-state index in [0.717, 1.165) is 44.9 Å². The number of likely N-dealkylation sites (N-methyl/N-ethyl adjacent to an activating group) is 1. The first-order valence-electron chi connectivity index (χ1n) is 20.7. The van der Waals surface area contributed by atoms with Gasteiger partial charge in [-0.05, 0) is 32.1 Å². The summed E-state index contributed by atoms with van der Waals surface area (Å²) in [5, 5.41) is 11.6. The van der Waals surface area contributed by atoms with Crippen LogP contribution in [0.3, 0.4) is 0 Å². The van der Waals surface area contributed by atoms with Crippen molar-refractivity contribution in [1.29, 1.82) is 0 Å². The Morgan fingerprint density at radius 2 is 1.04 bits per heavy atom. The molecule has 0 aromatic carbocycles. The maximum atomic E-state index is 12.7. The molecule has 2 unspecified atom stereocenters. The van der Waals surface area contributed by atoms with Crippen LogP contribution in [0.1, 0.15) is 136 Å². The standard InChI is InChI=1S/C46H75NO7/c1-6-8-10-12-14-16-18-19-20-21-22-23-24-25-27-29-31-33-35-37-45(49)54-42(40-52-39-38-43(46(50)51)47(3,4)5)41-53-44(48)36-34-32-30-28-26-17-15-13-11-9-7-2/h8,10,12,14,16,18-25,27,42-43H,6-7,9,11,13,15,17,26,28-41H2,1-5H3/b10-8+,14-12+,18-16+,20-19+,22-21+,24-23+,27-25+. The molecule has 0 heterocycles. The van der Waals surface area contributed by atoms with E-state index in [-0.39, 0.29) is 49.1 Å². The van der Waals surface area contributed by atoms with E-state index in [1.165, 1.54) is 51.4 Å². The largest absolute Gasteiger partial charge is 0.544 e. The summed E-state index contributed by atoms with van der Waals surface area (Å²) in [5.41, 5.74) is 0. The smallest absolute Gasteiger partial charge is 0.306 e. The van der Waals surface area contributed by atoms with E-state index in [1.54, 1.807) is 21.1 Å². The number of hydrogen-bond donors (Lipinski definition) is 0. The predicted octanol–water partition coefficient (Wildman–Crippen LogP) is 9.63. The van der Waals surface area contributed by atoms with Crippen molar-refractivity contribution in [3.63, 3.8) is 0 Å². The number of hydrogen-bond acceptors (Lipinski definition) is 7. The van der Waals surface area contributed by atoms with E-state index < -0.39 is 18.1 Å². The zero-order chi connectivity index (χ0) is 40.0. The van der Waals surface area contributed by atoms with Gasteiger partial charge in [0.25, 0.3) is 0 Å². The van der Waals surface area contributed by atoms with E-state index in [1.807, 2.05) is 72.9 Å². The number of carboxylic acid groups (broad SMARTS) is 1. The highest BCUT2D eigenvalue weighted by atomic mass is 16.6. The van der Waals surface area contributed by atoms with Gasteiger partial charge in [-0.15, -0.1) is 0 Å². The summed E-state index contributed by atoms with van der Waals surface area (Å²) in [6, 6.07) is -0.737. The molecule has 0 amide bonds. The molecular formula is C46H75NO7. The van der Waals surface area contributed by atoms with Crippen molar-refractivity contribution < 1.29 is 38.2 Å². The third-order valence-corrected chi connectivity index (χ3v) is 8.74. The van der Waals surface area contributed by atoms with E-state index in [4.69, 9.17) is 14.2 Å². The van der Waals surface area contributed by atoms with Gasteiger partial charge in [0.15, 0.2) is 6.10 Å². The Labute approximate surface area is 329 Å². The number of aliphatic carboxylic acids is 1. The molecule has 306 valence electrons. The van der Waals surface area contributed by atoms with Gasteiger partial charge in [-0.2, -0.15) is 0 Å². The molecule has 2 atom stereocenters. The molecule has 0 N–H and O–H groups in total. The Morgan fingerprint density at radius 1 is 0.574 bits per heavy atom. The van der Waals surface area contributed by atoms with Gasteiger partial charge >= 0.3 is 11.9 Å². The summed E-state index contributed by atoms with van der Waals surface area (Å²) in [5.74, 6) is -1.81. The van der Waals surface area contributed by atoms with Gasteiger partial charge in [-0.25, -0.2) is 0 Å². The summed E-state index contributed by atoms with van der Waals surface area (Å²) < 4.78 is 17.1. The third kappa shape index (κ3) is 34.3. The molecule has 0 fully saturated rings. The fourth-order valence-corrected chi connectivity index (χ4v) is 5.52. The quantitative estimate of drug-likeness (QED) is 0.0275. The molecule has 0 saturated heterocycles. The van der Waals surface area contributed by atoms with E-state index in [2.05, 4.69) is 26.0 Å². The summed E-state index contributed by atoms with van der Waals surface area (Å²) in [7, 11) is 5.37. The minimum Gasteiger partial charge on any atom is -0.544 e. The maximum Gasteiger partial charge on any atom is 0.306 e. The van der Waals surface area contributed by atoms with Crippen molar-refractivity contribution >= 4 is 17.9 Å². The van der Waals surface area contributed by atoms with Crippen LogP contribution in [-0.2, 0) is 28.6 Å². The minimum atomic E-state index is -1.14. The van der Waals surface area contributed by atoms with Crippen LogP contribution < -0.4 is 5.11 Å². The minimum absolute atomic E-state index is 0.0179. The lowest BCUT2D eigenvalue weighted by atomic mass is 10.1. The molecule has 0 aliphatic carbocycles. The van der Waals surface area contributed by atoms with Crippen molar-refractivity contribution in [1.82, 2.24) is 0 Å². The van der Waals surface area contributed by atoms with Crippen LogP contribution in [0.15, 0.2) is 85.1 Å². The molecule has 0 aromatic heterocycles. The molecule has 0 aliphatic heterocycles. The number of carbonyl (C=O) groups excluding carboxylic acids is 3. The molecule has 0 saturated carbocycles. The topological polar surface area (TPSA) is 102 Å². The van der Waals surface area contributed by atoms with E-state index in [0.29, 0.717) is 12.8 Å². The number of ether oxygens (including phenoxy) is 3. The van der Waals surface area contributed by atoms with Gasteiger partial charge in [-0.3, -0.25) is 9.59 Å². The summed E-state index contributed by atoms with van der Waals surface area (Å²) in [4.78, 5) is 36.7. The molecular weight excluding hydrogens is 679 g/mol. The Hall–Kier alpha value is -3.49. The van der Waals surface area contributed by atoms with Crippen LogP contribution in [0.4, 0.5) is 0 Å².